The maximum Gasteiger partial charge on any atom is 0.392 e. The van der Waals surface area contributed by atoms with E-state index in [9.17, 15) is 4.79 Å². The molecule has 0 spiro atoms. The second kappa shape index (κ2) is 3.31. The summed E-state index contributed by atoms with van der Waals surface area (Å²) in [4.78, 5) is 14.3. The molecule has 1 fully saturated rings. The van der Waals surface area contributed by atoms with E-state index in [2.05, 4.69) is 11.9 Å². The Kier molecular flexibility index (Phi) is 2.26. The summed E-state index contributed by atoms with van der Waals surface area (Å²) in [5.41, 5.74) is -0.0363. The van der Waals surface area contributed by atoms with E-state index >= 15 is 0 Å². The number of carboxylic acids is 1. The Bertz CT molecular complexity index is 355. The van der Waals surface area contributed by atoms with E-state index in [4.69, 9.17) is 9.52 Å². The molecule has 0 radical (unpaired) electrons. The Morgan fingerprint density at radius 1 is 1.79 bits per heavy atom. The van der Waals surface area contributed by atoms with Crippen LogP contribution in [0.4, 0.5) is 0 Å². The molecule has 76 valence electrons. The molecule has 1 saturated heterocycles. The van der Waals surface area contributed by atoms with Crippen molar-refractivity contribution in [1.29, 1.82) is 0 Å². The van der Waals surface area contributed by atoms with Gasteiger partial charge in [0.1, 0.15) is 5.76 Å². The van der Waals surface area contributed by atoms with Crippen LogP contribution in [0, 0.1) is 0 Å². The highest BCUT2D eigenvalue weighted by atomic mass is 32.2. The quantitative estimate of drug-likeness (QED) is 0.811. The fourth-order valence-corrected chi connectivity index (χ4v) is 2.99. The van der Waals surface area contributed by atoms with Crippen LogP contribution in [0.5, 0.6) is 0 Å². The molecule has 4 nitrogen and oxygen atoms in total. The third-order valence-electron chi connectivity index (χ3n) is 2.50. The zero-order chi connectivity index (χ0) is 10.2. The molecule has 0 amide bonds. The largest absolute Gasteiger partial charge is 0.474 e. The van der Waals surface area contributed by atoms with Crippen LogP contribution in [0.1, 0.15) is 29.8 Å². The van der Waals surface area contributed by atoms with Gasteiger partial charge in [-0.3, -0.25) is 0 Å². The minimum absolute atomic E-state index is 0.0363. The van der Waals surface area contributed by atoms with E-state index in [1.165, 1.54) is 6.20 Å². The number of carboxylic acid groups (broad SMARTS) is 1. The van der Waals surface area contributed by atoms with Crippen molar-refractivity contribution in [1.82, 2.24) is 4.98 Å². The summed E-state index contributed by atoms with van der Waals surface area (Å²) in [6.45, 7) is 2.08. The molecule has 1 aromatic rings. The highest BCUT2D eigenvalue weighted by Gasteiger charge is 2.35. The van der Waals surface area contributed by atoms with Crippen LogP contribution >= 0.6 is 11.8 Å². The number of carbonyl (C=O) groups is 1. The number of aromatic nitrogens is 1. The zero-order valence-corrected chi connectivity index (χ0v) is 8.63. The molecule has 0 aliphatic carbocycles. The van der Waals surface area contributed by atoms with E-state index in [-0.39, 0.29) is 11.3 Å². The number of nitrogens with zero attached hydrogens (tertiary/aromatic N) is 1. The summed E-state index contributed by atoms with van der Waals surface area (Å²) in [6.07, 6.45) is 2.56. The van der Waals surface area contributed by atoms with Crippen LogP contribution in [0.25, 0.3) is 0 Å². The van der Waals surface area contributed by atoms with E-state index in [0.717, 1.165) is 17.9 Å². The summed E-state index contributed by atoms with van der Waals surface area (Å²) >= 11 is 1.86. The van der Waals surface area contributed by atoms with Gasteiger partial charge in [-0.25, -0.2) is 9.78 Å². The monoisotopic (exact) mass is 213 g/mol. The molecule has 0 saturated carbocycles. The molecule has 1 atom stereocenters. The molecule has 1 aliphatic heterocycles. The lowest BCUT2D eigenvalue weighted by molar-refractivity contribution is 0.0649. The third kappa shape index (κ3) is 1.52. The number of rotatable bonds is 2. The van der Waals surface area contributed by atoms with Gasteiger partial charge < -0.3 is 9.52 Å². The Morgan fingerprint density at radius 2 is 2.57 bits per heavy atom. The molecule has 2 rings (SSSR count). The first-order chi connectivity index (χ1) is 6.62. The second-order valence-corrected chi connectivity index (χ2v) is 4.80. The summed E-state index contributed by atoms with van der Waals surface area (Å²) in [5.74, 6) is 1.45. The first kappa shape index (κ1) is 9.58. The highest BCUT2D eigenvalue weighted by Crippen LogP contribution is 2.38. The van der Waals surface area contributed by atoms with E-state index in [0.29, 0.717) is 5.76 Å². The lowest BCUT2D eigenvalue weighted by Crippen LogP contribution is -2.19. The van der Waals surface area contributed by atoms with Gasteiger partial charge in [0.15, 0.2) is 0 Å². The normalized spacial score (nSPS) is 26.6. The summed E-state index contributed by atoms with van der Waals surface area (Å²) in [5, 5.41) is 8.66. The average Bonchev–Trinajstić information content (AvgIpc) is 2.71. The van der Waals surface area contributed by atoms with Gasteiger partial charge in [-0.2, -0.15) is 11.8 Å². The van der Waals surface area contributed by atoms with Crippen molar-refractivity contribution in [3.8, 4) is 0 Å². The minimum atomic E-state index is -1.11. The van der Waals surface area contributed by atoms with Crippen LogP contribution < -0.4 is 0 Å². The first-order valence-corrected chi connectivity index (χ1v) is 5.55. The molecular formula is C9H11NO3S. The number of hydrogen-bond donors (Lipinski definition) is 1. The Labute approximate surface area is 85.7 Å². The smallest absolute Gasteiger partial charge is 0.392 e. The fraction of sp³-hybridized carbons (Fsp3) is 0.556. The third-order valence-corrected chi connectivity index (χ3v) is 3.84. The van der Waals surface area contributed by atoms with Gasteiger partial charge in [-0.05, 0) is 12.2 Å². The first-order valence-electron chi connectivity index (χ1n) is 4.39. The molecule has 1 N–H and O–H groups in total. The number of oxazole rings is 1. The van der Waals surface area contributed by atoms with Crippen LogP contribution in [0.2, 0.25) is 0 Å². The van der Waals surface area contributed by atoms with Gasteiger partial charge in [0, 0.05) is 11.2 Å². The lowest BCUT2D eigenvalue weighted by atomic mass is 9.88. The number of hydrogen-bond acceptors (Lipinski definition) is 4. The van der Waals surface area contributed by atoms with Gasteiger partial charge in [-0.1, -0.05) is 6.92 Å². The van der Waals surface area contributed by atoms with Gasteiger partial charge >= 0.3 is 11.9 Å². The maximum atomic E-state index is 10.6. The molecule has 1 aromatic heterocycles. The lowest BCUT2D eigenvalue weighted by Gasteiger charge is -2.18. The molecule has 0 bridgehead atoms. The van der Waals surface area contributed by atoms with Gasteiger partial charge in [0.25, 0.3) is 0 Å². The summed E-state index contributed by atoms with van der Waals surface area (Å²) in [7, 11) is 0. The number of aromatic carboxylic acids is 1. The predicted octanol–water partition coefficient (Wildman–Crippen LogP) is 1.77. The van der Waals surface area contributed by atoms with Crippen molar-refractivity contribution < 1.29 is 14.3 Å². The van der Waals surface area contributed by atoms with E-state index in [1.807, 2.05) is 11.8 Å². The molecule has 0 aromatic carbocycles. The van der Waals surface area contributed by atoms with Crippen LogP contribution in [-0.4, -0.2) is 27.6 Å². The zero-order valence-electron chi connectivity index (χ0n) is 7.82. The van der Waals surface area contributed by atoms with Crippen molar-refractivity contribution in [2.24, 2.45) is 0 Å². The average molecular weight is 213 g/mol. The molecular weight excluding hydrogens is 202 g/mol. The van der Waals surface area contributed by atoms with Gasteiger partial charge in [0.2, 0.25) is 0 Å². The molecule has 1 unspecified atom stereocenters. The van der Waals surface area contributed by atoms with E-state index < -0.39 is 5.97 Å². The highest BCUT2D eigenvalue weighted by molar-refractivity contribution is 7.99. The van der Waals surface area contributed by atoms with Crippen molar-refractivity contribution in [3.63, 3.8) is 0 Å². The molecule has 1 aliphatic rings. The number of thioether (sulfide) groups is 1. The van der Waals surface area contributed by atoms with Crippen molar-refractivity contribution in [3.05, 3.63) is 17.8 Å². The fourth-order valence-electron chi connectivity index (χ4n) is 1.51. The summed E-state index contributed by atoms with van der Waals surface area (Å²) in [6, 6.07) is 0. The minimum Gasteiger partial charge on any atom is -0.474 e. The topological polar surface area (TPSA) is 63.3 Å². The van der Waals surface area contributed by atoms with Crippen molar-refractivity contribution in [2.75, 3.05) is 11.5 Å². The SMILES string of the molecule is CC1(c2cnc(C(=O)O)o2)CCSC1. The van der Waals surface area contributed by atoms with Crippen molar-refractivity contribution >= 4 is 17.7 Å². The van der Waals surface area contributed by atoms with Crippen LogP contribution in [0.3, 0.4) is 0 Å². The van der Waals surface area contributed by atoms with Gasteiger partial charge in [-0.15, -0.1) is 0 Å². The second-order valence-electron chi connectivity index (χ2n) is 3.70. The van der Waals surface area contributed by atoms with Crippen LogP contribution in [0.15, 0.2) is 10.6 Å². The van der Waals surface area contributed by atoms with E-state index in [1.54, 1.807) is 0 Å². The van der Waals surface area contributed by atoms with Crippen LogP contribution in [-0.2, 0) is 5.41 Å². The van der Waals surface area contributed by atoms with Gasteiger partial charge in [0.05, 0.1) is 6.20 Å². The Hall–Kier alpha value is -0.970. The maximum absolute atomic E-state index is 10.6. The molecule has 5 heteroatoms. The molecule has 2 heterocycles. The Morgan fingerprint density at radius 3 is 3.07 bits per heavy atom. The predicted molar refractivity (Wildman–Crippen MR) is 52.8 cm³/mol. The van der Waals surface area contributed by atoms with Crippen molar-refractivity contribution in [2.45, 2.75) is 18.8 Å². The standard InChI is InChI=1S/C9H11NO3S/c1-9(2-3-14-5-9)6-4-10-7(13-6)8(11)12/h4H,2-3,5H2,1H3,(H,11,12). The Balaban J connectivity index is 2.28. The summed E-state index contributed by atoms with van der Waals surface area (Å²) < 4.78 is 5.21. The molecule has 14 heavy (non-hydrogen) atoms.